The van der Waals surface area contributed by atoms with Crippen LogP contribution in [0.15, 0.2) is 85.1 Å². The number of aromatic nitrogens is 3. The highest BCUT2D eigenvalue weighted by atomic mass is 16.5. The number of nitrogen functional groups attached to an aromatic ring is 1. The molecule has 0 unspecified atom stereocenters. The Hall–Kier alpha value is -4.85. The number of nitrogens with zero attached hydrogens (tertiary/aromatic N) is 3. The normalized spacial score (nSPS) is 10.9. The summed E-state index contributed by atoms with van der Waals surface area (Å²) < 4.78 is 7.91. The second kappa shape index (κ2) is 12.3. The first-order valence-electron chi connectivity index (χ1n) is 13.6. The van der Waals surface area contributed by atoms with Gasteiger partial charge in [0.05, 0.1) is 23.7 Å². The summed E-state index contributed by atoms with van der Waals surface area (Å²) in [6, 6.07) is 25.1. The summed E-state index contributed by atoms with van der Waals surface area (Å²) in [5, 5.41) is 12.6. The molecule has 0 aliphatic rings. The predicted molar refractivity (Wildman–Crippen MR) is 161 cm³/mol. The van der Waals surface area contributed by atoms with Crippen molar-refractivity contribution >= 4 is 34.1 Å². The van der Waals surface area contributed by atoms with Crippen LogP contribution >= 0.6 is 0 Å². The first kappa shape index (κ1) is 26.7. The second-order valence-corrected chi connectivity index (χ2v) is 9.80. The molecule has 5 rings (SSSR count). The minimum atomic E-state index is -0.343. The maximum atomic E-state index is 13.2. The summed E-state index contributed by atoms with van der Waals surface area (Å²) in [6.07, 6.45) is 5.37. The number of anilines is 3. The van der Waals surface area contributed by atoms with Gasteiger partial charge in [-0.25, -0.2) is 14.5 Å². The molecule has 0 bridgehead atoms. The molecule has 0 aliphatic heterocycles. The van der Waals surface area contributed by atoms with E-state index in [2.05, 4.69) is 22.5 Å². The molecule has 2 aromatic heterocycles. The van der Waals surface area contributed by atoms with Crippen LogP contribution in [-0.4, -0.2) is 27.4 Å². The predicted octanol–water partition coefficient (Wildman–Crippen LogP) is 6.92. The van der Waals surface area contributed by atoms with Crippen molar-refractivity contribution in [3.63, 3.8) is 0 Å². The fourth-order valence-electron chi connectivity index (χ4n) is 4.59. The number of hydrogen-bond acceptors (Lipinski definition) is 5. The van der Waals surface area contributed by atoms with Crippen molar-refractivity contribution in [1.82, 2.24) is 14.8 Å². The van der Waals surface area contributed by atoms with Crippen molar-refractivity contribution in [2.24, 2.45) is 0 Å². The van der Waals surface area contributed by atoms with Crippen LogP contribution in [0.5, 0.6) is 5.75 Å². The molecule has 8 heteroatoms. The summed E-state index contributed by atoms with van der Waals surface area (Å²) >= 11 is 0. The molecule has 8 nitrogen and oxygen atoms in total. The minimum Gasteiger partial charge on any atom is -0.493 e. The van der Waals surface area contributed by atoms with Crippen molar-refractivity contribution < 1.29 is 9.53 Å². The maximum Gasteiger partial charge on any atom is 0.324 e. The highest BCUT2D eigenvalue weighted by Crippen LogP contribution is 2.32. The van der Waals surface area contributed by atoms with E-state index in [1.807, 2.05) is 85.8 Å². The van der Waals surface area contributed by atoms with Crippen LogP contribution in [0.4, 0.5) is 22.1 Å². The second-order valence-electron chi connectivity index (χ2n) is 9.80. The van der Waals surface area contributed by atoms with Crippen molar-refractivity contribution in [3.05, 3.63) is 102 Å². The van der Waals surface area contributed by atoms with Crippen molar-refractivity contribution in [3.8, 4) is 11.4 Å². The molecule has 3 aromatic carbocycles. The largest absolute Gasteiger partial charge is 0.493 e. The zero-order valence-corrected chi connectivity index (χ0v) is 22.9. The summed E-state index contributed by atoms with van der Waals surface area (Å²) in [5.74, 6) is 1.87. The van der Waals surface area contributed by atoms with E-state index in [0.29, 0.717) is 30.4 Å². The van der Waals surface area contributed by atoms with Gasteiger partial charge >= 0.3 is 6.03 Å². The number of rotatable bonds is 10. The molecular formula is C32H34N6O2. The molecule has 0 atom stereocenters. The Morgan fingerprint density at radius 1 is 0.950 bits per heavy atom. The smallest absolute Gasteiger partial charge is 0.324 e. The third kappa shape index (κ3) is 6.40. The van der Waals surface area contributed by atoms with Gasteiger partial charge < -0.3 is 15.8 Å². The Bertz CT molecular complexity index is 1610. The van der Waals surface area contributed by atoms with Crippen LogP contribution < -0.4 is 21.1 Å². The lowest BCUT2D eigenvalue weighted by molar-refractivity contribution is 0.262. The van der Waals surface area contributed by atoms with Crippen molar-refractivity contribution in [2.75, 3.05) is 23.0 Å². The lowest BCUT2D eigenvalue weighted by Crippen LogP contribution is -2.21. The topological polar surface area (TPSA) is 107 Å². The Morgan fingerprint density at radius 3 is 2.52 bits per heavy atom. The molecule has 0 saturated heterocycles. The van der Waals surface area contributed by atoms with E-state index in [4.69, 9.17) is 15.6 Å². The quantitative estimate of drug-likeness (QED) is 0.180. The van der Waals surface area contributed by atoms with Gasteiger partial charge in [0.25, 0.3) is 0 Å². The molecule has 0 saturated carbocycles. The standard InChI is InChI=1S/C32H34N6O2/c1-3-4-7-24-21-31(38(37-24)25-12-10-22(2)11-13-25)36-32(39)35-28-14-15-29(27-9-6-5-8-26(27)28)40-19-17-23-16-18-34-30(33)20-23/h5-6,8-16,18,20-21H,3-4,7,17,19H2,1-2H3,(H2,33,34)(H2,35,36,39). The zero-order chi connectivity index (χ0) is 27.9. The average Bonchev–Trinajstić information content (AvgIpc) is 3.35. The summed E-state index contributed by atoms with van der Waals surface area (Å²) in [4.78, 5) is 17.3. The van der Waals surface area contributed by atoms with Crippen LogP contribution in [0.3, 0.4) is 0 Å². The Morgan fingerprint density at radius 2 is 1.75 bits per heavy atom. The van der Waals surface area contributed by atoms with Gasteiger partial charge in [-0.2, -0.15) is 5.10 Å². The van der Waals surface area contributed by atoms with E-state index in [1.54, 1.807) is 10.9 Å². The maximum absolute atomic E-state index is 13.2. The van der Waals surface area contributed by atoms with E-state index in [0.717, 1.165) is 58.3 Å². The molecular weight excluding hydrogens is 500 g/mol. The molecule has 0 spiro atoms. The van der Waals surface area contributed by atoms with Crippen LogP contribution in [0.2, 0.25) is 0 Å². The highest BCUT2D eigenvalue weighted by Gasteiger charge is 2.15. The number of nitrogens with one attached hydrogen (secondary N) is 2. The van der Waals surface area contributed by atoms with Crippen molar-refractivity contribution in [1.29, 1.82) is 0 Å². The summed E-state index contributed by atoms with van der Waals surface area (Å²) in [6.45, 7) is 4.69. The average molecular weight is 535 g/mol. The first-order chi connectivity index (χ1) is 19.5. The van der Waals surface area contributed by atoms with Crippen LogP contribution in [0.1, 0.15) is 36.6 Å². The number of ether oxygens (including phenoxy) is 1. The number of aryl methyl sites for hydroxylation is 2. The molecule has 0 radical (unpaired) electrons. The number of urea groups is 1. The molecule has 0 aliphatic carbocycles. The van der Waals surface area contributed by atoms with Gasteiger partial charge in [-0.05, 0) is 61.7 Å². The van der Waals surface area contributed by atoms with E-state index < -0.39 is 0 Å². The number of benzene rings is 3. The summed E-state index contributed by atoms with van der Waals surface area (Å²) in [7, 11) is 0. The Kier molecular flexibility index (Phi) is 8.25. The van der Waals surface area contributed by atoms with E-state index in [1.165, 1.54) is 0 Å². The number of carbonyl (C=O) groups is 1. The zero-order valence-electron chi connectivity index (χ0n) is 22.9. The SMILES string of the molecule is CCCCc1cc(NC(=O)Nc2ccc(OCCc3ccnc(N)c3)c3ccccc23)n(-c2ccc(C)cc2)n1. The number of carbonyl (C=O) groups excluding carboxylic acids is 1. The lowest BCUT2D eigenvalue weighted by Gasteiger charge is -2.14. The minimum absolute atomic E-state index is 0.343. The number of fused-ring (bicyclic) bond motifs is 1. The molecule has 2 amide bonds. The van der Waals surface area contributed by atoms with E-state index in [-0.39, 0.29) is 6.03 Å². The van der Waals surface area contributed by atoms with Gasteiger partial charge in [-0.3, -0.25) is 5.32 Å². The monoisotopic (exact) mass is 534 g/mol. The number of pyridine rings is 1. The molecule has 40 heavy (non-hydrogen) atoms. The van der Waals surface area contributed by atoms with Crippen LogP contribution in [0.25, 0.3) is 16.5 Å². The van der Waals surface area contributed by atoms with Crippen LogP contribution in [-0.2, 0) is 12.8 Å². The molecule has 5 aromatic rings. The van der Waals surface area contributed by atoms with Gasteiger partial charge in [0.2, 0.25) is 0 Å². The molecule has 4 N–H and O–H groups in total. The molecule has 2 heterocycles. The highest BCUT2D eigenvalue weighted by molar-refractivity contribution is 6.07. The Balaban J connectivity index is 1.32. The molecule has 204 valence electrons. The lowest BCUT2D eigenvalue weighted by atomic mass is 10.1. The van der Waals surface area contributed by atoms with Crippen molar-refractivity contribution in [2.45, 2.75) is 39.5 Å². The van der Waals surface area contributed by atoms with Gasteiger partial charge in [-0.15, -0.1) is 0 Å². The van der Waals surface area contributed by atoms with Crippen LogP contribution in [0, 0.1) is 6.92 Å². The third-order valence-electron chi connectivity index (χ3n) is 6.69. The summed E-state index contributed by atoms with van der Waals surface area (Å²) in [5.41, 5.74) is 10.5. The molecule has 0 fully saturated rings. The number of unbranched alkanes of at least 4 members (excludes halogenated alkanes) is 1. The number of nitrogens with two attached hydrogens (primary N) is 1. The van der Waals surface area contributed by atoms with Gasteiger partial charge in [0.1, 0.15) is 17.4 Å². The van der Waals surface area contributed by atoms with Gasteiger partial charge in [0, 0.05) is 29.5 Å². The first-order valence-corrected chi connectivity index (χ1v) is 13.6. The fraction of sp³-hybridized carbons (Fsp3) is 0.219. The Labute approximate surface area is 234 Å². The van der Waals surface area contributed by atoms with Gasteiger partial charge in [-0.1, -0.05) is 55.3 Å². The number of amides is 2. The number of hydrogen-bond donors (Lipinski definition) is 3. The van der Waals surface area contributed by atoms with Gasteiger partial charge in [0.15, 0.2) is 0 Å². The third-order valence-corrected chi connectivity index (χ3v) is 6.69. The van der Waals surface area contributed by atoms with E-state index in [9.17, 15) is 4.79 Å². The fourth-order valence-corrected chi connectivity index (χ4v) is 4.59. The van der Waals surface area contributed by atoms with E-state index >= 15 is 0 Å².